The van der Waals surface area contributed by atoms with E-state index in [-0.39, 0.29) is 0 Å². The highest BCUT2D eigenvalue weighted by Gasteiger charge is 2.14. The van der Waals surface area contributed by atoms with Crippen molar-refractivity contribution >= 4 is 11.3 Å². The van der Waals surface area contributed by atoms with Gasteiger partial charge in [0.1, 0.15) is 0 Å². The van der Waals surface area contributed by atoms with Gasteiger partial charge in [-0.25, -0.2) is 0 Å². The van der Waals surface area contributed by atoms with Gasteiger partial charge in [-0.3, -0.25) is 9.97 Å². The van der Waals surface area contributed by atoms with Gasteiger partial charge in [-0.15, -0.1) is 11.3 Å². The van der Waals surface area contributed by atoms with Gasteiger partial charge in [0.05, 0.1) is 29.1 Å². The van der Waals surface area contributed by atoms with Gasteiger partial charge in [-0.1, -0.05) is 13.8 Å². The fraction of sp³-hybridized carbons (Fsp3) is 0.250. The van der Waals surface area contributed by atoms with Crippen molar-refractivity contribution < 1.29 is 4.42 Å². The molecule has 0 fully saturated rings. The Morgan fingerprint density at radius 1 is 1.45 bits per heavy atom. The highest BCUT2D eigenvalue weighted by molar-refractivity contribution is 7.13. The molecule has 101 valence electrons. The third-order valence-corrected chi connectivity index (χ3v) is 4.28. The number of furan rings is 1. The van der Waals surface area contributed by atoms with Gasteiger partial charge < -0.3 is 4.42 Å². The predicted molar refractivity (Wildman–Crippen MR) is 80.6 cm³/mol. The quantitative estimate of drug-likeness (QED) is 0.691. The standard InChI is InChI=1S/C16H15N2OS/c1-3-11(2)15-6-13(12-4-5-19-9-12)14(7-18-15)16-8-17-10-20-16/h4-6,8-11H,3H2,1-2H3. The Labute approximate surface area is 122 Å². The van der Waals surface area contributed by atoms with E-state index in [2.05, 4.69) is 36.1 Å². The van der Waals surface area contributed by atoms with E-state index < -0.39 is 0 Å². The number of hydrogen-bond acceptors (Lipinski definition) is 4. The number of hydrogen-bond donors (Lipinski definition) is 0. The summed E-state index contributed by atoms with van der Waals surface area (Å²) >= 11 is 1.59. The van der Waals surface area contributed by atoms with Gasteiger partial charge in [-0.05, 0) is 30.0 Å². The molecular formula is C16H15N2OS. The number of pyridine rings is 1. The first-order chi connectivity index (χ1) is 9.79. The number of aromatic nitrogens is 2. The van der Waals surface area contributed by atoms with Crippen LogP contribution in [0.15, 0.2) is 40.8 Å². The highest BCUT2D eigenvalue weighted by Crippen LogP contribution is 2.35. The van der Waals surface area contributed by atoms with E-state index in [0.717, 1.165) is 33.7 Å². The van der Waals surface area contributed by atoms with Crippen molar-refractivity contribution in [3.05, 3.63) is 48.3 Å². The fourth-order valence-electron chi connectivity index (χ4n) is 2.07. The molecule has 3 heterocycles. The van der Waals surface area contributed by atoms with Gasteiger partial charge >= 0.3 is 0 Å². The average molecular weight is 283 g/mol. The molecular weight excluding hydrogens is 268 g/mol. The zero-order chi connectivity index (χ0) is 13.9. The van der Waals surface area contributed by atoms with Gasteiger partial charge in [0.15, 0.2) is 0 Å². The first-order valence-electron chi connectivity index (χ1n) is 6.63. The lowest BCUT2D eigenvalue weighted by Gasteiger charge is -2.11. The van der Waals surface area contributed by atoms with E-state index in [1.54, 1.807) is 23.9 Å². The molecule has 3 aromatic heterocycles. The van der Waals surface area contributed by atoms with E-state index in [4.69, 9.17) is 4.42 Å². The van der Waals surface area contributed by atoms with Gasteiger partial charge in [-0.2, -0.15) is 0 Å². The van der Waals surface area contributed by atoms with Crippen molar-refractivity contribution in [2.75, 3.05) is 0 Å². The molecule has 3 aromatic rings. The largest absolute Gasteiger partial charge is 0.472 e. The van der Waals surface area contributed by atoms with E-state index in [1.807, 2.05) is 17.8 Å². The van der Waals surface area contributed by atoms with Crippen LogP contribution in [-0.4, -0.2) is 9.97 Å². The average Bonchev–Trinajstić information content (AvgIpc) is 3.18. The molecule has 1 atom stereocenters. The zero-order valence-corrected chi connectivity index (χ0v) is 12.3. The summed E-state index contributed by atoms with van der Waals surface area (Å²) in [5.41, 5.74) is 6.04. The maximum absolute atomic E-state index is 5.22. The summed E-state index contributed by atoms with van der Waals surface area (Å²) in [6.07, 6.45) is 9.55. The first-order valence-corrected chi connectivity index (χ1v) is 7.51. The maximum atomic E-state index is 5.22. The Bertz CT molecular complexity index is 675. The van der Waals surface area contributed by atoms with Crippen molar-refractivity contribution in [1.82, 2.24) is 9.97 Å². The predicted octanol–water partition coefficient (Wildman–Crippen LogP) is 4.78. The molecule has 20 heavy (non-hydrogen) atoms. The molecule has 0 spiro atoms. The molecule has 0 bridgehead atoms. The molecule has 0 aliphatic carbocycles. The Balaban J connectivity index is 2.15. The lowest BCUT2D eigenvalue weighted by atomic mass is 9.97. The second kappa shape index (κ2) is 5.59. The molecule has 0 saturated carbocycles. The molecule has 0 aromatic carbocycles. The van der Waals surface area contributed by atoms with Crippen molar-refractivity contribution in [3.8, 4) is 21.6 Å². The van der Waals surface area contributed by atoms with Crippen LogP contribution in [0, 0.1) is 6.20 Å². The maximum Gasteiger partial charge on any atom is 0.0989 e. The monoisotopic (exact) mass is 283 g/mol. The summed E-state index contributed by atoms with van der Waals surface area (Å²) in [5, 5.41) is 0. The summed E-state index contributed by atoms with van der Waals surface area (Å²) in [6, 6.07) is 4.11. The lowest BCUT2D eigenvalue weighted by molar-refractivity contribution is 0.568. The summed E-state index contributed by atoms with van der Waals surface area (Å²) in [4.78, 5) is 9.71. The van der Waals surface area contributed by atoms with Crippen LogP contribution in [0.3, 0.4) is 0 Å². The Kier molecular flexibility index (Phi) is 3.65. The molecule has 3 nitrogen and oxygen atoms in total. The van der Waals surface area contributed by atoms with Crippen LogP contribution >= 0.6 is 11.3 Å². The zero-order valence-electron chi connectivity index (χ0n) is 11.5. The molecule has 3 rings (SSSR count). The Morgan fingerprint density at radius 2 is 2.35 bits per heavy atom. The smallest absolute Gasteiger partial charge is 0.0989 e. The number of thiazole rings is 1. The molecule has 0 aliphatic rings. The highest BCUT2D eigenvalue weighted by atomic mass is 32.1. The van der Waals surface area contributed by atoms with Gasteiger partial charge in [0.2, 0.25) is 0 Å². The molecule has 0 N–H and O–H groups in total. The van der Waals surface area contributed by atoms with E-state index in [0.29, 0.717) is 5.92 Å². The summed E-state index contributed by atoms with van der Waals surface area (Å²) in [5.74, 6) is 0.424. The Hall–Kier alpha value is -1.94. The second-order valence-electron chi connectivity index (χ2n) is 4.77. The van der Waals surface area contributed by atoms with Crippen LogP contribution in [-0.2, 0) is 0 Å². The van der Waals surface area contributed by atoms with Crippen LogP contribution in [0.25, 0.3) is 21.6 Å². The van der Waals surface area contributed by atoms with Crippen LogP contribution in [0.4, 0.5) is 0 Å². The molecule has 1 unspecified atom stereocenters. The minimum absolute atomic E-state index is 0.424. The molecule has 0 aliphatic heterocycles. The van der Waals surface area contributed by atoms with Crippen molar-refractivity contribution in [3.63, 3.8) is 0 Å². The van der Waals surface area contributed by atoms with Crippen molar-refractivity contribution in [2.45, 2.75) is 26.2 Å². The Morgan fingerprint density at radius 3 is 3.00 bits per heavy atom. The van der Waals surface area contributed by atoms with Crippen LogP contribution in [0.2, 0.25) is 0 Å². The summed E-state index contributed by atoms with van der Waals surface area (Å²) < 4.78 is 5.22. The van der Waals surface area contributed by atoms with Gasteiger partial charge in [0, 0.05) is 23.0 Å². The number of rotatable bonds is 4. The third-order valence-electron chi connectivity index (χ3n) is 3.49. The van der Waals surface area contributed by atoms with Crippen LogP contribution in [0.1, 0.15) is 31.9 Å². The lowest BCUT2D eigenvalue weighted by Crippen LogP contribution is -1.97. The minimum atomic E-state index is 0.424. The van der Waals surface area contributed by atoms with Crippen molar-refractivity contribution in [2.24, 2.45) is 0 Å². The fourth-order valence-corrected chi connectivity index (χ4v) is 2.70. The summed E-state index contributed by atoms with van der Waals surface area (Å²) in [6.45, 7) is 4.35. The van der Waals surface area contributed by atoms with Crippen LogP contribution < -0.4 is 0 Å². The third kappa shape index (κ3) is 2.39. The number of nitrogens with zero attached hydrogens (tertiary/aromatic N) is 2. The topological polar surface area (TPSA) is 38.9 Å². The van der Waals surface area contributed by atoms with Gasteiger partial charge in [0.25, 0.3) is 0 Å². The van der Waals surface area contributed by atoms with E-state index in [9.17, 15) is 0 Å². The molecule has 4 heteroatoms. The van der Waals surface area contributed by atoms with Crippen LogP contribution in [0.5, 0.6) is 0 Å². The SMILES string of the molecule is CCC(C)c1cc(-c2ccoc2)c(-c2cncs2)[c]n1. The molecule has 0 amide bonds. The normalized spacial score (nSPS) is 12.5. The van der Waals surface area contributed by atoms with E-state index in [1.165, 1.54) is 0 Å². The minimum Gasteiger partial charge on any atom is -0.472 e. The van der Waals surface area contributed by atoms with Crippen molar-refractivity contribution in [1.29, 1.82) is 0 Å². The first kappa shape index (κ1) is 13.1. The summed E-state index contributed by atoms with van der Waals surface area (Å²) in [7, 11) is 0. The molecule has 1 radical (unpaired) electrons. The molecule has 0 saturated heterocycles. The second-order valence-corrected chi connectivity index (χ2v) is 5.65. The van der Waals surface area contributed by atoms with E-state index >= 15 is 0 Å².